The molecular formula is C9H18N2O. The van der Waals surface area contributed by atoms with Crippen molar-refractivity contribution in [3.8, 4) is 0 Å². The molecule has 1 N–H and O–H groups in total. The molecule has 1 amide bonds. The summed E-state index contributed by atoms with van der Waals surface area (Å²) in [7, 11) is 2.10. The maximum absolute atomic E-state index is 10.9. The first-order valence-electron chi connectivity index (χ1n) is 4.49. The molecule has 1 rings (SSSR count). The minimum atomic E-state index is -0.00116. The van der Waals surface area contributed by atoms with Crippen molar-refractivity contribution in [2.24, 2.45) is 0 Å². The molecule has 0 aromatic carbocycles. The monoisotopic (exact) mass is 170 g/mol. The number of rotatable bonds is 1. The Hall–Kier alpha value is -0.570. The molecule has 1 heterocycles. The number of hydrogen-bond donors (Lipinski definition) is 1. The Morgan fingerprint density at radius 3 is 2.75 bits per heavy atom. The Labute approximate surface area is 74.1 Å². The maximum atomic E-state index is 10.9. The molecule has 0 aliphatic carbocycles. The lowest BCUT2D eigenvalue weighted by atomic mass is 9.91. The van der Waals surface area contributed by atoms with Gasteiger partial charge in [0.25, 0.3) is 0 Å². The summed E-state index contributed by atoms with van der Waals surface area (Å²) in [5, 5.41) is 3.01. The molecule has 12 heavy (non-hydrogen) atoms. The molecule has 1 unspecified atom stereocenters. The van der Waals surface area contributed by atoms with Crippen LogP contribution in [0, 0.1) is 0 Å². The number of carbonyl (C=O) groups excluding carboxylic acids is 1. The van der Waals surface area contributed by atoms with Crippen LogP contribution in [-0.4, -0.2) is 36.5 Å². The standard InChI is InChI=1S/C9H18N2O/c1-8(12)10-9(2)5-4-6-11(3)7-9/h4-7H2,1-3H3,(H,10,12). The van der Waals surface area contributed by atoms with E-state index in [2.05, 4.69) is 24.2 Å². The van der Waals surface area contributed by atoms with Crippen molar-refractivity contribution in [3.63, 3.8) is 0 Å². The second-order valence-corrected chi connectivity index (χ2v) is 4.08. The Kier molecular flexibility index (Phi) is 2.73. The van der Waals surface area contributed by atoms with Gasteiger partial charge in [0.2, 0.25) is 5.91 Å². The van der Waals surface area contributed by atoms with E-state index < -0.39 is 0 Å². The van der Waals surface area contributed by atoms with E-state index in [0.29, 0.717) is 0 Å². The van der Waals surface area contributed by atoms with Crippen LogP contribution in [0.4, 0.5) is 0 Å². The molecule has 70 valence electrons. The van der Waals surface area contributed by atoms with E-state index in [9.17, 15) is 4.79 Å². The molecular weight excluding hydrogens is 152 g/mol. The van der Waals surface area contributed by atoms with Crippen molar-refractivity contribution >= 4 is 5.91 Å². The van der Waals surface area contributed by atoms with Crippen molar-refractivity contribution in [2.75, 3.05) is 20.1 Å². The van der Waals surface area contributed by atoms with E-state index in [1.54, 1.807) is 6.92 Å². The third-order valence-corrected chi connectivity index (χ3v) is 2.37. The molecule has 0 saturated carbocycles. The van der Waals surface area contributed by atoms with Crippen LogP contribution in [0.2, 0.25) is 0 Å². The van der Waals surface area contributed by atoms with Crippen LogP contribution in [0.15, 0.2) is 0 Å². The van der Waals surface area contributed by atoms with Gasteiger partial charge in [-0.15, -0.1) is 0 Å². The largest absolute Gasteiger partial charge is 0.350 e. The first kappa shape index (κ1) is 9.52. The Balaban J connectivity index is 2.51. The quantitative estimate of drug-likeness (QED) is 0.625. The summed E-state index contributed by atoms with van der Waals surface area (Å²) in [5.41, 5.74) is -0.00116. The van der Waals surface area contributed by atoms with E-state index in [0.717, 1.165) is 19.5 Å². The highest BCUT2D eigenvalue weighted by Gasteiger charge is 2.29. The lowest BCUT2D eigenvalue weighted by Crippen LogP contribution is -2.55. The number of piperidine rings is 1. The fourth-order valence-electron chi connectivity index (χ4n) is 2.02. The van der Waals surface area contributed by atoms with Crippen LogP contribution in [0.3, 0.4) is 0 Å². The van der Waals surface area contributed by atoms with E-state index in [4.69, 9.17) is 0 Å². The molecule has 0 aromatic rings. The normalized spacial score (nSPS) is 31.6. The van der Waals surface area contributed by atoms with Gasteiger partial charge in [0.1, 0.15) is 0 Å². The summed E-state index contributed by atoms with van der Waals surface area (Å²) >= 11 is 0. The molecule has 0 spiro atoms. The summed E-state index contributed by atoms with van der Waals surface area (Å²) in [5.74, 6) is 0.0767. The van der Waals surface area contributed by atoms with E-state index in [-0.39, 0.29) is 11.4 Å². The van der Waals surface area contributed by atoms with Gasteiger partial charge in [-0.05, 0) is 33.4 Å². The predicted octanol–water partition coefficient (Wildman–Crippen LogP) is 0.607. The topological polar surface area (TPSA) is 32.3 Å². The minimum Gasteiger partial charge on any atom is -0.350 e. The summed E-state index contributed by atoms with van der Waals surface area (Å²) in [4.78, 5) is 13.2. The molecule has 1 atom stereocenters. The van der Waals surface area contributed by atoms with E-state index in [1.165, 1.54) is 6.42 Å². The van der Waals surface area contributed by atoms with Crippen molar-refractivity contribution < 1.29 is 4.79 Å². The number of nitrogens with zero attached hydrogens (tertiary/aromatic N) is 1. The molecule has 0 aromatic heterocycles. The fraction of sp³-hybridized carbons (Fsp3) is 0.889. The van der Waals surface area contributed by atoms with Crippen LogP contribution >= 0.6 is 0 Å². The van der Waals surface area contributed by atoms with Crippen LogP contribution in [-0.2, 0) is 4.79 Å². The summed E-state index contributed by atoms with van der Waals surface area (Å²) in [6.45, 7) is 5.81. The smallest absolute Gasteiger partial charge is 0.217 e. The van der Waals surface area contributed by atoms with E-state index >= 15 is 0 Å². The van der Waals surface area contributed by atoms with Crippen LogP contribution in [0.25, 0.3) is 0 Å². The zero-order chi connectivity index (χ0) is 9.19. The second kappa shape index (κ2) is 3.44. The van der Waals surface area contributed by atoms with Gasteiger partial charge in [0.05, 0.1) is 0 Å². The molecule has 1 aliphatic rings. The Bertz CT molecular complexity index is 181. The molecule has 1 saturated heterocycles. The molecule has 3 nitrogen and oxygen atoms in total. The van der Waals surface area contributed by atoms with Crippen molar-refractivity contribution in [1.82, 2.24) is 10.2 Å². The summed E-state index contributed by atoms with van der Waals surface area (Å²) in [6.07, 6.45) is 2.27. The third-order valence-electron chi connectivity index (χ3n) is 2.37. The van der Waals surface area contributed by atoms with Gasteiger partial charge in [-0.1, -0.05) is 0 Å². The number of carbonyl (C=O) groups is 1. The minimum absolute atomic E-state index is 0.00116. The third kappa shape index (κ3) is 2.48. The van der Waals surface area contributed by atoms with Crippen LogP contribution < -0.4 is 5.32 Å². The van der Waals surface area contributed by atoms with Gasteiger partial charge < -0.3 is 10.2 Å². The average molecular weight is 170 g/mol. The first-order chi connectivity index (χ1) is 5.52. The van der Waals surface area contributed by atoms with Gasteiger partial charge in [-0.25, -0.2) is 0 Å². The predicted molar refractivity (Wildman–Crippen MR) is 49.0 cm³/mol. The highest BCUT2D eigenvalue weighted by Crippen LogP contribution is 2.19. The lowest BCUT2D eigenvalue weighted by molar-refractivity contribution is -0.121. The molecule has 0 bridgehead atoms. The number of amides is 1. The SMILES string of the molecule is CC(=O)NC1(C)CCCN(C)C1. The Morgan fingerprint density at radius 1 is 1.58 bits per heavy atom. The summed E-state index contributed by atoms with van der Waals surface area (Å²) in [6, 6.07) is 0. The number of nitrogens with one attached hydrogen (secondary N) is 1. The number of likely N-dealkylation sites (tertiary alicyclic amines) is 1. The van der Waals surface area contributed by atoms with Gasteiger partial charge in [-0.3, -0.25) is 4.79 Å². The highest BCUT2D eigenvalue weighted by molar-refractivity contribution is 5.73. The average Bonchev–Trinajstić information content (AvgIpc) is 1.82. The van der Waals surface area contributed by atoms with Crippen molar-refractivity contribution in [1.29, 1.82) is 0 Å². The maximum Gasteiger partial charge on any atom is 0.217 e. The fourth-order valence-corrected chi connectivity index (χ4v) is 2.02. The highest BCUT2D eigenvalue weighted by atomic mass is 16.1. The first-order valence-corrected chi connectivity index (χ1v) is 4.49. The van der Waals surface area contributed by atoms with Crippen LogP contribution in [0.5, 0.6) is 0 Å². The second-order valence-electron chi connectivity index (χ2n) is 4.08. The van der Waals surface area contributed by atoms with Gasteiger partial charge >= 0.3 is 0 Å². The number of likely N-dealkylation sites (N-methyl/N-ethyl adjacent to an activating group) is 1. The zero-order valence-electron chi connectivity index (χ0n) is 8.18. The van der Waals surface area contributed by atoms with E-state index in [1.807, 2.05) is 0 Å². The lowest BCUT2D eigenvalue weighted by Gasteiger charge is -2.39. The van der Waals surface area contributed by atoms with Crippen LogP contribution in [0.1, 0.15) is 26.7 Å². The molecule has 1 aliphatic heterocycles. The van der Waals surface area contributed by atoms with Crippen molar-refractivity contribution in [2.45, 2.75) is 32.2 Å². The zero-order valence-corrected chi connectivity index (χ0v) is 8.18. The number of hydrogen-bond acceptors (Lipinski definition) is 2. The molecule has 0 radical (unpaired) electrons. The molecule has 1 fully saturated rings. The van der Waals surface area contributed by atoms with Crippen molar-refractivity contribution in [3.05, 3.63) is 0 Å². The van der Waals surface area contributed by atoms with Gasteiger partial charge in [0, 0.05) is 19.0 Å². The molecule has 3 heteroatoms. The van der Waals surface area contributed by atoms with Gasteiger partial charge in [-0.2, -0.15) is 0 Å². The van der Waals surface area contributed by atoms with Gasteiger partial charge in [0.15, 0.2) is 0 Å². The summed E-state index contributed by atoms with van der Waals surface area (Å²) < 4.78 is 0. The Morgan fingerprint density at radius 2 is 2.25 bits per heavy atom.